The number of anilines is 2. The zero-order valence-electron chi connectivity index (χ0n) is 20.2. The van der Waals surface area contributed by atoms with Gasteiger partial charge in [-0.15, -0.1) is 11.3 Å². The number of nitrogens with zero attached hydrogens (tertiary/aromatic N) is 1. The molecule has 8 heteroatoms. The van der Waals surface area contributed by atoms with Gasteiger partial charge in [0.15, 0.2) is 5.82 Å². The Morgan fingerprint density at radius 3 is 2.42 bits per heavy atom. The van der Waals surface area contributed by atoms with Crippen LogP contribution in [0.15, 0.2) is 60.0 Å². The molecule has 0 unspecified atom stereocenters. The van der Waals surface area contributed by atoms with Crippen LogP contribution in [0, 0.1) is 0 Å². The molecule has 1 fully saturated rings. The van der Waals surface area contributed by atoms with Crippen LogP contribution in [0.25, 0.3) is 10.9 Å². The van der Waals surface area contributed by atoms with Gasteiger partial charge in [0.25, 0.3) is 11.8 Å². The number of carbonyl (C=O) groups excluding carboxylic acids is 2. The molecule has 1 aliphatic carbocycles. The van der Waals surface area contributed by atoms with Gasteiger partial charge in [-0.25, -0.2) is 0 Å². The van der Waals surface area contributed by atoms with Crippen molar-refractivity contribution in [2.24, 2.45) is 0 Å². The summed E-state index contributed by atoms with van der Waals surface area (Å²) in [7, 11) is 0. The Labute approximate surface area is 214 Å². The quantitative estimate of drug-likeness (QED) is 0.238. The molecule has 0 radical (unpaired) electrons. The van der Waals surface area contributed by atoms with Gasteiger partial charge >= 0.3 is 0 Å². The second-order valence-electron chi connectivity index (χ2n) is 9.31. The van der Waals surface area contributed by atoms with Gasteiger partial charge in [-0.05, 0) is 66.8 Å². The second kappa shape index (κ2) is 11.4. The summed E-state index contributed by atoms with van der Waals surface area (Å²) in [6.45, 7) is 0.481. The smallest absolute Gasteiger partial charge is 0.256 e. The molecule has 1 saturated carbocycles. The highest BCUT2D eigenvalue weighted by Crippen LogP contribution is 2.24. The van der Waals surface area contributed by atoms with Gasteiger partial charge in [-0.2, -0.15) is 5.10 Å². The average molecular weight is 502 g/mol. The highest BCUT2D eigenvalue weighted by molar-refractivity contribution is 7.09. The summed E-state index contributed by atoms with van der Waals surface area (Å²) in [6, 6.07) is 17.3. The van der Waals surface area contributed by atoms with Crippen molar-refractivity contribution in [3.05, 3.63) is 76.0 Å². The molecule has 4 aromatic rings. The Balaban J connectivity index is 1.23. The number of hydrogen-bond acceptors (Lipinski definition) is 5. The largest absolute Gasteiger partial charge is 0.382 e. The van der Waals surface area contributed by atoms with E-state index in [1.54, 1.807) is 29.5 Å². The van der Waals surface area contributed by atoms with Crippen LogP contribution in [0.3, 0.4) is 0 Å². The Bertz CT molecular complexity index is 1310. The van der Waals surface area contributed by atoms with Gasteiger partial charge in [0, 0.05) is 33.1 Å². The fourth-order valence-corrected chi connectivity index (χ4v) is 5.31. The van der Waals surface area contributed by atoms with E-state index < -0.39 is 0 Å². The number of hydrogen-bond donors (Lipinski definition) is 4. The zero-order chi connectivity index (χ0) is 24.7. The van der Waals surface area contributed by atoms with Crippen molar-refractivity contribution in [1.29, 1.82) is 0 Å². The molecule has 2 heterocycles. The molecular weight excluding hydrogens is 470 g/mol. The van der Waals surface area contributed by atoms with E-state index in [2.05, 4.69) is 26.1 Å². The van der Waals surface area contributed by atoms with E-state index in [4.69, 9.17) is 0 Å². The van der Waals surface area contributed by atoms with Crippen molar-refractivity contribution in [2.45, 2.75) is 57.5 Å². The number of fused-ring (bicyclic) bond motifs is 1. The lowest BCUT2D eigenvalue weighted by Crippen LogP contribution is -2.22. The number of nitrogens with one attached hydrogen (secondary N) is 4. The number of benzene rings is 2. The summed E-state index contributed by atoms with van der Waals surface area (Å²) in [5.41, 5.74) is 2.86. The first-order chi connectivity index (χ1) is 17.7. The van der Waals surface area contributed by atoms with Crippen LogP contribution in [0.5, 0.6) is 0 Å². The van der Waals surface area contributed by atoms with Crippen LogP contribution in [-0.4, -0.2) is 28.1 Å². The number of H-pyrrole nitrogens is 1. The molecular formula is C28H31N5O2S. The third-order valence-electron chi connectivity index (χ3n) is 6.68. The first kappa shape index (κ1) is 24.1. The maximum absolute atomic E-state index is 12.9. The zero-order valence-corrected chi connectivity index (χ0v) is 21.0. The molecule has 1 aliphatic rings. The topological polar surface area (TPSA) is 98.9 Å². The Kier molecular flexibility index (Phi) is 7.61. The predicted molar refractivity (Wildman–Crippen MR) is 146 cm³/mol. The molecule has 0 atom stereocenters. The van der Waals surface area contributed by atoms with Crippen LogP contribution in [0.4, 0.5) is 11.5 Å². The normalized spacial score (nSPS) is 14.7. The van der Waals surface area contributed by atoms with Crippen molar-refractivity contribution in [1.82, 2.24) is 15.5 Å². The predicted octanol–water partition coefficient (Wildman–Crippen LogP) is 6.33. The van der Waals surface area contributed by atoms with Crippen LogP contribution < -0.4 is 16.0 Å². The van der Waals surface area contributed by atoms with Crippen LogP contribution in [-0.2, 0) is 6.54 Å². The lowest BCUT2D eigenvalue weighted by Gasteiger charge is -2.22. The summed E-state index contributed by atoms with van der Waals surface area (Å²) in [6.07, 6.45) is 8.93. The van der Waals surface area contributed by atoms with Gasteiger partial charge < -0.3 is 16.0 Å². The molecule has 0 bridgehead atoms. The minimum Gasteiger partial charge on any atom is -0.382 e. The Morgan fingerprint density at radius 1 is 0.917 bits per heavy atom. The SMILES string of the molecule is O=C(NCc1cccs1)c1ccc2[nH]nc(NC(=O)c3ccc(NC4CCCCCCC4)cc3)c2c1. The fraction of sp³-hybridized carbons (Fsp3) is 0.321. The molecule has 2 aromatic heterocycles. The number of carbonyl (C=O) groups is 2. The highest BCUT2D eigenvalue weighted by Gasteiger charge is 2.15. The van der Waals surface area contributed by atoms with E-state index in [-0.39, 0.29) is 11.8 Å². The number of rotatable bonds is 7. The fourth-order valence-electron chi connectivity index (χ4n) is 4.67. The monoisotopic (exact) mass is 501 g/mol. The summed E-state index contributed by atoms with van der Waals surface area (Å²) < 4.78 is 0. The van der Waals surface area contributed by atoms with Gasteiger partial charge in [-0.1, -0.05) is 38.2 Å². The van der Waals surface area contributed by atoms with E-state index in [0.717, 1.165) is 16.1 Å². The first-order valence-electron chi connectivity index (χ1n) is 12.6. The standard InChI is InChI=1S/C28H31N5O2S/c34-27(29-18-23-9-6-16-36-23)20-12-15-25-24(17-20)26(33-32-25)31-28(35)19-10-13-22(14-11-19)30-21-7-4-2-1-3-5-8-21/h6,9-17,21,30H,1-5,7-8,18H2,(H,29,34)(H2,31,32,33,35). The van der Waals surface area contributed by atoms with Gasteiger partial charge in [0.05, 0.1) is 12.1 Å². The maximum atomic E-state index is 12.9. The lowest BCUT2D eigenvalue weighted by atomic mass is 9.96. The Morgan fingerprint density at radius 2 is 1.67 bits per heavy atom. The van der Waals surface area contributed by atoms with E-state index in [1.807, 2.05) is 41.8 Å². The molecule has 36 heavy (non-hydrogen) atoms. The van der Waals surface area contributed by atoms with Gasteiger partial charge in [0.1, 0.15) is 0 Å². The lowest BCUT2D eigenvalue weighted by molar-refractivity contribution is 0.0950. The average Bonchev–Trinajstić information content (AvgIpc) is 3.54. The number of aromatic nitrogens is 2. The Hall–Kier alpha value is -3.65. The molecule has 0 spiro atoms. The van der Waals surface area contributed by atoms with Crippen LogP contribution in [0.2, 0.25) is 0 Å². The molecule has 186 valence electrons. The number of amides is 2. The molecule has 2 aromatic carbocycles. The van der Waals surface area contributed by atoms with Gasteiger partial charge in [0.2, 0.25) is 0 Å². The molecule has 5 rings (SSSR count). The summed E-state index contributed by atoms with van der Waals surface area (Å²) >= 11 is 1.60. The van der Waals surface area contributed by atoms with Crippen molar-refractivity contribution in [3.63, 3.8) is 0 Å². The van der Waals surface area contributed by atoms with Crippen molar-refractivity contribution in [2.75, 3.05) is 10.6 Å². The molecule has 7 nitrogen and oxygen atoms in total. The highest BCUT2D eigenvalue weighted by atomic mass is 32.1. The minimum absolute atomic E-state index is 0.170. The third kappa shape index (κ3) is 5.94. The second-order valence-corrected chi connectivity index (χ2v) is 10.3. The van der Waals surface area contributed by atoms with E-state index in [9.17, 15) is 9.59 Å². The number of thiophene rings is 1. The van der Waals surface area contributed by atoms with Gasteiger partial charge in [-0.3, -0.25) is 14.7 Å². The van der Waals surface area contributed by atoms with E-state index >= 15 is 0 Å². The van der Waals surface area contributed by atoms with Crippen molar-refractivity contribution < 1.29 is 9.59 Å². The minimum atomic E-state index is -0.242. The van der Waals surface area contributed by atoms with Crippen molar-refractivity contribution >= 4 is 45.6 Å². The molecule has 0 saturated heterocycles. The molecule has 4 N–H and O–H groups in total. The number of aromatic amines is 1. The van der Waals surface area contributed by atoms with E-state index in [1.165, 1.54) is 44.9 Å². The maximum Gasteiger partial charge on any atom is 0.256 e. The van der Waals surface area contributed by atoms with Crippen LogP contribution >= 0.6 is 11.3 Å². The summed E-state index contributed by atoms with van der Waals surface area (Å²) in [4.78, 5) is 26.7. The van der Waals surface area contributed by atoms with E-state index in [0.29, 0.717) is 34.9 Å². The molecule has 2 amide bonds. The summed E-state index contributed by atoms with van der Waals surface area (Å²) in [5.74, 6) is -0.00996. The third-order valence-corrected chi connectivity index (χ3v) is 7.56. The van der Waals surface area contributed by atoms with Crippen LogP contribution in [0.1, 0.15) is 70.5 Å². The van der Waals surface area contributed by atoms with Crippen molar-refractivity contribution in [3.8, 4) is 0 Å². The summed E-state index contributed by atoms with van der Waals surface area (Å²) in [5, 5.41) is 19.3. The first-order valence-corrected chi connectivity index (χ1v) is 13.5. The molecule has 0 aliphatic heterocycles.